The molecule has 0 aliphatic carbocycles. The van der Waals surface area contributed by atoms with Gasteiger partial charge in [-0.1, -0.05) is 51.6 Å². The maximum absolute atomic E-state index is 5.77. The van der Waals surface area contributed by atoms with E-state index in [4.69, 9.17) is 5.73 Å². The lowest BCUT2D eigenvalue weighted by atomic mass is 9.07. The van der Waals surface area contributed by atoms with Gasteiger partial charge in [0.2, 0.25) is 0 Å². The van der Waals surface area contributed by atoms with Crippen LogP contribution in [0.1, 0.15) is 32.1 Å². The molecular formula is C9H21B2N. The Bertz CT molecular complexity index is 119. The predicted octanol–water partition coefficient (Wildman–Crippen LogP) is 2.15. The quantitative estimate of drug-likeness (QED) is 0.591. The first-order chi connectivity index (χ1) is 5.84. The highest BCUT2D eigenvalue weighted by Crippen LogP contribution is 2.16. The van der Waals surface area contributed by atoms with Gasteiger partial charge in [-0.2, -0.15) is 0 Å². The Morgan fingerprint density at radius 1 is 1.00 bits per heavy atom. The first-order valence-corrected chi connectivity index (χ1v) is 5.54. The van der Waals surface area contributed by atoms with E-state index < -0.39 is 0 Å². The fraction of sp³-hybridized carbons (Fsp3) is 1.00. The highest BCUT2D eigenvalue weighted by Gasteiger charge is 2.22. The van der Waals surface area contributed by atoms with Crippen LogP contribution in [0.4, 0.5) is 0 Å². The third-order valence-corrected chi connectivity index (χ3v) is 3.34. The van der Waals surface area contributed by atoms with Gasteiger partial charge in [-0.05, 0) is 6.44 Å². The molecule has 0 bridgehead atoms. The molecule has 0 aromatic rings. The van der Waals surface area contributed by atoms with Crippen molar-refractivity contribution in [2.75, 3.05) is 6.44 Å². The monoisotopic (exact) mass is 165 g/mol. The molecule has 1 rings (SSSR count). The van der Waals surface area contributed by atoms with E-state index in [1.54, 1.807) is 0 Å². The summed E-state index contributed by atoms with van der Waals surface area (Å²) in [5.41, 5.74) is 5.77. The third kappa shape index (κ3) is 3.22. The topological polar surface area (TPSA) is 26.0 Å². The zero-order valence-electron chi connectivity index (χ0n) is 8.39. The summed E-state index contributed by atoms with van der Waals surface area (Å²) in [6, 6.07) is 0. The van der Waals surface area contributed by atoms with E-state index in [-0.39, 0.29) is 0 Å². The fourth-order valence-electron chi connectivity index (χ4n) is 2.27. The highest BCUT2D eigenvalue weighted by atomic mass is 14.5. The van der Waals surface area contributed by atoms with Crippen LogP contribution < -0.4 is 5.73 Å². The summed E-state index contributed by atoms with van der Waals surface area (Å²) in [6.45, 7) is 4.05. The number of hydrogen-bond acceptors (Lipinski definition) is 1. The Morgan fingerprint density at radius 2 is 1.58 bits per heavy atom. The molecule has 1 heterocycles. The van der Waals surface area contributed by atoms with E-state index in [9.17, 15) is 0 Å². The van der Waals surface area contributed by atoms with Crippen LogP contribution in [0.15, 0.2) is 0 Å². The molecule has 12 heavy (non-hydrogen) atoms. The summed E-state index contributed by atoms with van der Waals surface area (Å²) in [4.78, 5) is 0. The first-order valence-electron chi connectivity index (χ1n) is 5.54. The largest absolute Gasteiger partial charge is 0.338 e. The van der Waals surface area contributed by atoms with Gasteiger partial charge in [0.05, 0.1) is 0 Å². The molecule has 0 aromatic carbocycles. The van der Waals surface area contributed by atoms with Crippen molar-refractivity contribution >= 4 is 13.2 Å². The van der Waals surface area contributed by atoms with Gasteiger partial charge in [-0.15, -0.1) is 0 Å². The Morgan fingerprint density at radius 3 is 2.25 bits per heavy atom. The van der Waals surface area contributed by atoms with Crippen molar-refractivity contribution < 1.29 is 0 Å². The molecule has 0 amide bonds. The Hall–Kier alpha value is 0.0899. The Labute approximate surface area is 77.6 Å². The summed E-state index contributed by atoms with van der Waals surface area (Å²) in [5, 5.41) is 0. The van der Waals surface area contributed by atoms with Crippen LogP contribution in [0.2, 0.25) is 19.5 Å². The maximum Gasteiger partial charge on any atom is 0.125 e. The molecule has 68 valence electrons. The summed E-state index contributed by atoms with van der Waals surface area (Å²) in [7, 11) is 0. The third-order valence-electron chi connectivity index (χ3n) is 3.34. The van der Waals surface area contributed by atoms with Crippen molar-refractivity contribution in [2.24, 2.45) is 5.73 Å². The van der Waals surface area contributed by atoms with Crippen molar-refractivity contribution in [2.45, 2.75) is 51.6 Å². The second-order valence-electron chi connectivity index (χ2n) is 4.32. The summed E-state index contributed by atoms with van der Waals surface area (Å²) in [6.07, 6.45) is 10.8. The standard InChI is InChI=1S/C9H21B2N/c1-10-7-5-3-2-4-6-8-11(10)9-12/h2-9,12H2,1H3. The molecule has 0 unspecified atom stereocenters. The Balaban J connectivity index is 2.35. The van der Waals surface area contributed by atoms with Gasteiger partial charge in [0.15, 0.2) is 0 Å². The van der Waals surface area contributed by atoms with Crippen LogP contribution in [-0.2, 0) is 0 Å². The zero-order chi connectivity index (χ0) is 8.81. The van der Waals surface area contributed by atoms with E-state index in [0.29, 0.717) is 0 Å². The van der Waals surface area contributed by atoms with Crippen LogP contribution >= 0.6 is 0 Å². The van der Waals surface area contributed by atoms with Gasteiger partial charge in [-0.3, -0.25) is 0 Å². The molecule has 1 nitrogen and oxygen atoms in total. The van der Waals surface area contributed by atoms with E-state index in [2.05, 4.69) is 6.82 Å². The lowest BCUT2D eigenvalue weighted by molar-refractivity contribution is 0.657. The maximum atomic E-state index is 5.77. The van der Waals surface area contributed by atoms with Crippen molar-refractivity contribution in [3.8, 4) is 0 Å². The van der Waals surface area contributed by atoms with Gasteiger partial charge < -0.3 is 5.73 Å². The first kappa shape index (κ1) is 10.2. The van der Waals surface area contributed by atoms with Gasteiger partial charge in [0, 0.05) is 0 Å². The number of nitrogens with two attached hydrogens (primary N) is 1. The highest BCUT2D eigenvalue weighted by molar-refractivity contribution is 7.22. The summed E-state index contributed by atoms with van der Waals surface area (Å²) < 4.78 is 0. The normalized spacial score (nSPS) is 21.5. The molecule has 1 aliphatic rings. The van der Waals surface area contributed by atoms with Gasteiger partial charge in [0.1, 0.15) is 13.2 Å². The van der Waals surface area contributed by atoms with Crippen LogP contribution in [0, 0.1) is 0 Å². The lowest BCUT2D eigenvalue weighted by Crippen LogP contribution is -2.39. The number of hydrogen-bond donors (Lipinski definition) is 1. The van der Waals surface area contributed by atoms with E-state index in [1.807, 2.05) is 0 Å². The molecule has 3 heteroatoms. The van der Waals surface area contributed by atoms with E-state index in [1.165, 1.54) is 44.7 Å². The van der Waals surface area contributed by atoms with Gasteiger partial charge in [0.25, 0.3) is 0 Å². The minimum atomic E-state index is 0.808. The Kier molecular flexibility index (Phi) is 4.82. The van der Waals surface area contributed by atoms with Crippen LogP contribution in [0.25, 0.3) is 0 Å². The smallest absolute Gasteiger partial charge is 0.125 e. The molecule has 0 radical (unpaired) electrons. The molecule has 0 spiro atoms. The van der Waals surface area contributed by atoms with Crippen LogP contribution in [0.3, 0.4) is 0 Å². The van der Waals surface area contributed by atoms with Gasteiger partial charge in [-0.25, -0.2) is 0 Å². The molecule has 0 aromatic heterocycles. The SMILES string of the molecule is CB1CCCCCCCB1CN. The molecule has 0 atom stereocenters. The second kappa shape index (κ2) is 5.69. The summed E-state index contributed by atoms with van der Waals surface area (Å²) in [5.74, 6) is 0. The minimum absolute atomic E-state index is 0.808. The van der Waals surface area contributed by atoms with Crippen molar-refractivity contribution in [3.63, 3.8) is 0 Å². The predicted molar refractivity (Wildman–Crippen MR) is 59.1 cm³/mol. The van der Waals surface area contributed by atoms with Gasteiger partial charge >= 0.3 is 0 Å². The molecule has 2 N–H and O–H groups in total. The van der Waals surface area contributed by atoms with Crippen LogP contribution in [-0.4, -0.2) is 19.7 Å². The molecule has 1 fully saturated rings. The number of rotatable bonds is 1. The second-order valence-corrected chi connectivity index (χ2v) is 4.32. The lowest BCUT2D eigenvalue weighted by Gasteiger charge is -2.14. The van der Waals surface area contributed by atoms with E-state index >= 15 is 0 Å². The molecule has 0 saturated carbocycles. The zero-order valence-corrected chi connectivity index (χ0v) is 8.39. The average Bonchev–Trinajstić information content (AvgIpc) is 2.17. The molecule has 1 aliphatic heterocycles. The fourth-order valence-corrected chi connectivity index (χ4v) is 2.27. The van der Waals surface area contributed by atoms with Crippen molar-refractivity contribution in [3.05, 3.63) is 0 Å². The van der Waals surface area contributed by atoms with Crippen molar-refractivity contribution in [1.29, 1.82) is 0 Å². The summed E-state index contributed by atoms with van der Waals surface area (Å²) >= 11 is 0. The minimum Gasteiger partial charge on any atom is -0.338 e. The van der Waals surface area contributed by atoms with Crippen LogP contribution in [0.5, 0.6) is 0 Å². The van der Waals surface area contributed by atoms with E-state index in [0.717, 1.165) is 19.7 Å². The average molecular weight is 165 g/mol. The molecule has 1 saturated heterocycles. The van der Waals surface area contributed by atoms with Crippen molar-refractivity contribution in [1.82, 2.24) is 0 Å². The molecular weight excluding hydrogens is 144 g/mol.